The maximum absolute atomic E-state index is 5.69. The standard InChI is InChI=1S/C14H15BrN2O/c15-8-13-14-12(6-7-18-13)10-17(16-14)9-11-4-2-1-3-5-11/h1-5,10,13H,6-9H2/t13-/m1/s1. The van der Waals surface area contributed by atoms with Gasteiger partial charge in [-0.05, 0) is 17.5 Å². The molecule has 1 atom stereocenters. The van der Waals surface area contributed by atoms with E-state index >= 15 is 0 Å². The van der Waals surface area contributed by atoms with E-state index in [0.717, 1.165) is 30.6 Å². The third kappa shape index (κ3) is 2.35. The molecule has 1 aliphatic heterocycles. The maximum Gasteiger partial charge on any atom is 0.111 e. The lowest BCUT2D eigenvalue weighted by Gasteiger charge is -2.19. The van der Waals surface area contributed by atoms with E-state index in [1.54, 1.807) is 0 Å². The Bertz CT molecular complexity index is 524. The highest BCUT2D eigenvalue weighted by atomic mass is 79.9. The quantitative estimate of drug-likeness (QED) is 0.815. The number of hydrogen-bond donors (Lipinski definition) is 0. The van der Waals surface area contributed by atoms with Crippen molar-refractivity contribution >= 4 is 15.9 Å². The third-order valence-corrected chi connectivity index (χ3v) is 3.78. The van der Waals surface area contributed by atoms with Gasteiger partial charge in [0.2, 0.25) is 0 Å². The summed E-state index contributed by atoms with van der Waals surface area (Å²) in [5.41, 5.74) is 3.68. The van der Waals surface area contributed by atoms with Crippen molar-refractivity contribution in [1.82, 2.24) is 9.78 Å². The predicted octanol–water partition coefficient (Wildman–Crippen LogP) is 2.94. The number of aromatic nitrogens is 2. The first kappa shape index (κ1) is 11.9. The van der Waals surface area contributed by atoms with Crippen LogP contribution in [0, 0.1) is 0 Å². The molecule has 0 spiro atoms. The first-order valence-corrected chi connectivity index (χ1v) is 7.26. The maximum atomic E-state index is 5.69. The molecule has 3 rings (SSSR count). The Kier molecular flexibility index (Phi) is 3.48. The molecular formula is C14H15BrN2O. The molecule has 0 N–H and O–H groups in total. The van der Waals surface area contributed by atoms with Crippen LogP contribution in [0.1, 0.15) is 22.9 Å². The van der Waals surface area contributed by atoms with Gasteiger partial charge in [0.15, 0.2) is 0 Å². The number of fused-ring (bicyclic) bond motifs is 1. The largest absolute Gasteiger partial charge is 0.371 e. The van der Waals surface area contributed by atoms with Gasteiger partial charge in [-0.2, -0.15) is 5.10 Å². The van der Waals surface area contributed by atoms with Gasteiger partial charge in [-0.1, -0.05) is 46.3 Å². The number of ether oxygens (including phenoxy) is 1. The van der Waals surface area contributed by atoms with Crippen LogP contribution in [0.3, 0.4) is 0 Å². The van der Waals surface area contributed by atoms with Crippen molar-refractivity contribution in [3.8, 4) is 0 Å². The molecule has 0 unspecified atom stereocenters. The molecule has 0 saturated carbocycles. The molecule has 0 amide bonds. The fourth-order valence-corrected chi connectivity index (χ4v) is 2.79. The van der Waals surface area contributed by atoms with E-state index < -0.39 is 0 Å². The second-order valence-corrected chi connectivity index (χ2v) is 5.13. The number of alkyl halides is 1. The van der Waals surface area contributed by atoms with Crippen LogP contribution in [0.5, 0.6) is 0 Å². The monoisotopic (exact) mass is 306 g/mol. The molecule has 2 aromatic rings. The molecule has 1 aromatic carbocycles. The van der Waals surface area contributed by atoms with Crippen LogP contribution in [0.2, 0.25) is 0 Å². The summed E-state index contributed by atoms with van der Waals surface area (Å²) in [6, 6.07) is 10.4. The number of nitrogens with zero attached hydrogens (tertiary/aromatic N) is 2. The van der Waals surface area contributed by atoms with E-state index in [9.17, 15) is 0 Å². The topological polar surface area (TPSA) is 27.1 Å². The normalized spacial score (nSPS) is 18.6. The Morgan fingerprint density at radius 2 is 2.17 bits per heavy atom. The molecule has 0 bridgehead atoms. The molecule has 1 aromatic heterocycles. The predicted molar refractivity (Wildman–Crippen MR) is 74.0 cm³/mol. The fraction of sp³-hybridized carbons (Fsp3) is 0.357. The van der Waals surface area contributed by atoms with Crippen LogP contribution in [0.15, 0.2) is 36.5 Å². The molecule has 94 valence electrons. The highest BCUT2D eigenvalue weighted by Crippen LogP contribution is 2.27. The van der Waals surface area contributed by atoms with Gasteiger partial charge in [0, 0.05) is 11.5 Å². The molecule has 0 aliphatic carbocycles. The van der Waals surface area contributed by atoms with Crippen molar-refractivity contribution in [2.75, 3.05) is 11.9 Å². The van der Waals surface area contributed by atoms with Crippen LogP contribution in [-0.4, -0.2) is 21.7 Å². The molecule has 4 heteroatoms. The number of rotatable bonds is 3. The summed E-state index contributed by atoms with van der Waals surface area (Å²) in [4.78, 5) is 0. The Balaban J connectivity index is 1.84. The highest BCUT2D eigenvalue weighted by Gasteiger charge is 2.23. The minimum absolute atomic E-state index is 0.103. The molecule has 0 fully saturated rings. The van der Waals surface area contributed by atoms with Gasteiger partial charge in [-0.15, -0.1) is 0 Å². The number of benzene rings is 1. The molecular weight excluding hydrogens is 292 g/mol. The van der Waals surface area contributed by atoms with Crippen molar-refractivity contribution in [3.05, 3.63) is 53.3 Å². The fourth-order valence-electron chi connectivity index (χ4n) is 2.30. The average Bonchev–Trinajstić information content (AvgIpc) is 2.82. The van der Waals surface area contributed by atoms with Crippen molar-refractivity contribution in [2.45, 2.75) is 19.1 Å². The Morgan fingerprint density at radius 1 is 1.33 bits per heavy atom. The molecule has 3 nitrogen and oxygen atoms in total. The average molecular weight is 307 g/mol. The van der Waals surface area contributed by atoms with Crippen LogP contribution in [-0.2, 0) is 17.7 Å². The lowest BCUT2D eigenvalue weighted by Crippen LogP contribution is -2.16. The lowest BCUT2D eigenvalue weighted by molar-refractivity contribution is 0.0565. The van der Waals surface area contributed by atoms with E-state index in [1.165, 1.54) is 11.1 Å². The van der Waals surface area contributed by atoms with Gasteiger partial charge >= 0.3 is 0 Å². The smallest absolute Gasteiger partial charge is 0.111 e. The first-order valence-electron chi connectivity index (χ1n) is 6.14. The SMILES string of the molecule is BrC[C@H]1OCCc2cn(Cc3ccccc3)nc21. The zero-order valence-corrected chi connectivity index (χ0v) is 11.6. The molecule has 0 radical (unpaired) electrons. The summed E-state index contributed by atoms with van der Waals surface area (Å²) in [5, 5.41) is 5.47. The Morgan fingerprint density at radius 3 is 2.94 bits per heavy atom. The van der Waals surface area contributed by atoms with E-state index in [4.69, 9.17) is 4.74 Å². The summed E-state index contributed by atoms with van der Waals surface area (Å²) in [6.07, 6.45) is 3.22. The minimum atomic E-state index is 0.103. The third-order valence-electron chi connectivity index (χ3n) is 3.19. The van der Waals surface area contributed by atoms with Crippen molar-refractivity contribution < 1.29 is 4.74 Å². The summed E-state index contributed by atoms with van der Waals surface area (Å²) < 4.78 is 7.71. The van der Waals surface area contributed by atoms with Gasteiger partial charge in [0.05, 0.1) is 18.8 Å². The van der Waals surface area contributed by atoms with E-state index in [2.05, 4.69) is 51.5 Å². The molecule has 18 heavy (non-hydrogen) atoms. The van der Waals surface area contributed by atoms with Crippen molar-refractivity contribution in [2.24, 2.45) is 0 Å². The Labute approximate surface area is 115 Å². The summed E-state index contributed by atoms with van der Waals surface area (Å²) in [6.45, 7) is 1.61. The molecule has 0 saturated heterocycles. The Hall–Kier alpha value is -1.13. The van der Waals surface area contributed by atoms with Crippen molar-refractivity contribution in [3.63, 3.8) is 0 Å². The molecule has 1 aliphatic rings. The van der Waals surface area contributed by atoms with Crippen LogP contribution in [0.25, 0.3) is 0 Å². The van der Waals surface area contributed by atoms with Gasteiger partial charge < -0.3 is 4.74 Å². The van der Waals surface area contributed by atoms with Crippen LogP contribution in [0.4, 0.5) is 0 Å². The van der Waals surface area contributed by atoms with E-state index in [1.807, 2.05) is 10.7 Å². The highest BCUT2D eigenvalue weighted by molar-refractivity contribution is 9.09. The second-order valence-electron chi connectivity index (χ2n) is 4.49. The van der Waals surface area contributed by atoms with Gasteiger partial charge in [-0.25, -0.2) is 0 Å². The zero-order valence-electron chi connectivity index (χ0n) is 10.1. The van der Waals surface area contributed by atoms with Gasteiger partial charge in [0.1, 0.15) is 6.10 Å². The second kappa shape index (κ2) is 5.24. The summed E-state index contributed by atoms with van der Waals surface area (Å²) >= 11 is 3.48. The summed E-state index contributed by atoms with van der Waals surface area (Å²) in [5.74, 6) is 0. The van der Waals surface area contributed by atoms with Crippen LogP contribution >= 0.6 is 15.9 Å². The zero-order chi connectivity index (χ0) is 12.4. The first-order chi connectivity index (χ1) is 8.86. The van der Waals surface area contributed by atoms with Gasteiger partial charge in [-0.3, -0.25) is 4.68 Å². The minimum Gasteiger partial charge on any atom is -0.371 e. The van der Waals surface area contributed by atoms with E-state index in [0.29, 0.717) is 0 Å². The molecule has 2 heterocycles. The van der Waals surface area contributed by atoms with Crippen LogP contribution < -0.4 is 0 Å². The number of hydrogen-bond acceptors (Lipinski definition) is 2. The van der Waals surface area contributed by atoms with Crippen molar-refractivity contribution in [1.29, 1.82) is 0 Å². The number of halogens is 1. The summed E-state index contributed by atoms with van der Waals surface area (Å²) in [7, 11) is 0. The lowest BCUT2D eigenvalue weighted by atomic mass is 10.1. The van der Waals surface area contributed by atoms with E-state index in [-0.39, 0.29) is 6.10 Å². The van der Waals surface area contributed by atoms with Gasteiger partial charge in [0.25, 0.3) is 0 Å².